The van der Waals surface area contributed by atoms with Gasteiger partial charge in [-0.2, -0.15) is 11.8 Å². The number of thioether (sulfide) groups is 1. The van der Waals surface area contributed by atoms with E-state index in [1.807, 2.05) is 6.26 Å². The maximum atomic E-state index is 11.8. The van der Waals surface area contributed by atoms with Gasteiger partial charge in [0.1, 0.15) is 6.04 Å². The second-order valence-corrected chi connectivity index (χ2v) is 5.05. The number of carboxylic acid groups (broad SMARTS) is 1. The van der Waals surface area contributed by atoms with Gasteiger partial charge in [0.15, 0.2) is 0 Å². The van der Waals surface area contributed by atoms with Gasteiger partial charge in [-0.3, -0.25) is 4.79 Å². The number of aromatic amines is 1. The zero-order valence-electron chi connectivity index (χ0n) is 10.6. The fourth-order valence-electron chi connectivity index (χ4n) is 1.47. The van der Waals surface area contributed by atoms with Crippen LogP contribution in [0.4, 0.5) is 0 Å². The van der Waals surface area contributed by atoms with Gasteiger partial charge >= 0.3 is 5.97 Å². The molecule has 1 rings (SSSR count). The van der Waals surface area contributed by atoms with E-state index in [0.717, 1.165) is 5.75 Å². The summed E-state index contributed by atoms with van der Waals surface area (Å²) < 4.78 is 0. The molecule has 0 saturated heterocycles. The third kappa shape index (κ3) is 5.31. The minimum atomic E-state index is -1.10. The maximum Gasteiger partial charge on any atom is 0.326 e. The number of hydrogen-bond acceptors (Lipinski definition) is 5. The summed E-state index contributed by atoms with van der Waals surface area (Å²) in [4.78, 5) is 29.5. The number of aliphatic carboxylic acids is 1. The molecule has 0 saturated carbocycles. The SMILES string of the molecule is CSCC[C@H](N)C(=O)N[C@H](Cc1cnc[nH]1)C(=O)O. The Kier molecular flexibility index (Phi) is 6.37. The molecule has 0 bridgehead atoms. The summed E-state index contributed by atoms with van der Waals surface area (Å²) in [5.74, 6) is -0.784. The average molecular weight is 286 g/mol. The predicted octanol–water partition coefficient (Wildman–Crippen LogP) is -0.398. The lowest BCUT2D eigenvalue weighted by Gasteiger charge is -2.17. The van der Waals surface area contributed by atoms with Gasteiger partial charge in [0, 0.05) is 18.3 Å². The van der Waals surface area contributed by atoms with E-state index in [2.05, 4.69) is 15.3 Å². The Morgan fingerprint density at radius 1 is 1.63 bits per heavy atom. The van der Waals surface area contributed by atoms with Crippen LogP contribution in [0, 0.1) is 0 Å². The first kappa shape index (κ1) is 15.5. The molecule has 8 heteroatoms. The first-order valence-electron chi connectivity index (χ1n) is 5.79. The number of nitrogens with zero attached hydrogens (tertiary/aromatic N) is 1. The van der Waals surface area contributed by atoms with Crippen molar-refractivity contribution < 1.29 is 14.7 Å². The Balaban J connectivity index is 2.53. The molecule has 0 aliphatic rings. The highest BCUT2D eigenvalue weighted by Gasteiger charge is 2.23. The monoisotopic (exact) mass is 286 g/mol. The molecule has 0 spiro atoms. The molecule has 0 aromatic carbocycles. The maximum absolute atomic E-state index is 11.8. The minimum Gasteiger partial charge on any atom is -0.480 e. The average Bonchev–Trinajstić information content (AvgIpc) is 2.87. The van der Waals surface area contributed by atoms with E-state index in [0.29, 0.717) is 12.1 Å². The van der Waals surface area contributed by atoms with Crippen molar-refractivity contribution in [3.63, 3.8) is 0 Å². The Hall–Kier alpha value is -1.54. The molecule has 0 unspecified atom stereocenters. The topological polar surface area (TPSA) is 121 Å². The van der Waals surface area contributed by atoms with Crippen LogP contribution in [0.25, 0.3) is 0 Å². The third-order valence-electron chi connectivity index (χ3n) is 2.56. The molecule has 5 N–H and O–H groups in total. The lowest BCUT2D eigenvalue weighted by molar-refractivity contribution is -0.142. The summed E-state index contributed by atoms with van der Waals surface area (Å²) in [6, 6.07) is -1.69. The molecule has 19 heavy (non-hydrogen) atoms. The number of imidazole rings is 1. The highest BCUT2D eigenvalue weighted by molar-refractivity contribution is 7.98. The molecule has 1 amide bonds. The van der Waals surface area contributed by atoms with E-state index in [1.165, 1.54) is 12.5 Å². The number of carbonyl (C=O) groups is 2. The minimum absolute atomic E-state index is 0.149. The van der Waals surface area contributed by atoms with Gasteiger partial charge in [0.05, 0.1) is 12.4 Å². The highest BCUT2D eigenvalue weighted by Crippen LogP contribution is 2.02. The summed E-state index contributed by atoms with van der Waals surface area (Å²) in [5.41, 5.74) is 6.33. The summed E-state index contributed by atoms with van der Waals surface area (Å²) in [6.45, 7) is 0. The number of rotatable bonds is 8. The number of nitrogens with two attached hydrogens (primary N) is 1. The Morgan fingerprint density at radius 3 is 2.89 bits per heavy atom. The van der Waals surface area contributed by atoms with Crippen molar-refractivity contribution in [2.75, 3.05) is 12.0 Å². The van der Waals surface area contributed by atoms with Gasteiger partial charge in [-0.1, -0.05) is 0 Å². The van der Waals surface area contributed by atoms with Crippen molar-refractivity contribution >= 4 is 23.6 Å². The molecule has 2 atom stereocenters. The van der Waals surface area contributed by atoms with Gasteiger partial charge in [0.2, 0.25) is 5.91 Å². The summed E-state index contributed by atoms with van der Waals surface area (Å²) in [7, 11) is 0. The second-order valence-electron chi connectivity index (χ2n) is 4.07. The van der Waals surface area contributed by atoms with Crippen LogP contribution in [0.3, 0.4) is 0 Å². The molecule has 0 radical (unpaired) electrons. The first-order chi connectivity index (χ1) is 9.04. The molecular weight excluding hydrogens is 268 g/mol. The van der Waals surface area contributed by atoms with E-state index in [4.69, 9.17) is 10.8 Å². The third-order valence-corrected chi connectivity index (χ3v) is 3.21. The fraction of sp³-hybridized carbons (Fsp3) is 0.545. The van der Waals surface area contributed by atoms with Crippen LogP contribution in [0.15, 0.2) is 12.5 Å². The second kappa shape index (κ2) is 7.80. The van der Waals surface area contributed by atoms with Gasteiger partial charge in [-0.15, -0.1) is 0 Å². The van der Waals surface area contributed by atoms with Crippen molar-refractivity contribution in [2.24, 2.45) is 5.73 Å². The summed E-state index contributed by atoms with van der Waals surface area (Å²) >= 11 is 1.59. The molecule has 1 heterocycles. The van der Waals surface area contributed by atoms with Crippen molar-refractivity contribution in [2.45, 2.75) is 24.9 Å². The number of aromatic nitrogens is 2. The highest BCUT2D eigenvalue weighted by atomic mass is 32.2. The van der Waals surface area contributed by atoms with Crippen LogP contribution in [0.5, 0.6) is 0 Å². The lowest BCUT2D eigenvalue weighted by Crippen LogP contribution is -2.49. The zero-order chi connectivity index (χ0) is 14.3. The van der Waals surface area contributed by atoms with Gasteiger partial charge in [0.25, 0.3) is 0 Å². The molecule has 0 aliphatic heterocycles. The standard InChI is InChI=1S/C11H18N4O3S/c1-19-3-2-8(12)10(16)15-9(11(17)18)4-7-5-13-6-14-7/h5-6,8-9H,2-4,12H2,1H3,(H,13,14)(H,15,16)(H,17,18)/t8-,9+/m0/s1. The van der Waals surface area contributed by atoms with Gasteiger partial charge in [-0.05, 0) is 18.4 Å². The summed E-state index contributed by atoms with van der Waals surface area (Å²) in [6.07, 6.45) is 5.57. The van der Waals surface area contributed by atoms with E-state index in [9.17, 15) is 9.59 Å². The van der Waals surface area contributed by atoms with Crippen LogP contribution < -0.4 is 11.1 Å². The van der Waals surface area contributed by atoms with Gasteiger partial charge in [-0.25, -0.2) is 9.78 Å². The quantitative estimate of drug-likeness (QED) is 0.516. The van der Waals surface area contributed by atoms with Crippen molar-refractivity contribution in [3.8, 4) is 0 Å². The molecule has 1 aromatic heterocycles. The molecule has 1 aromatic rings. The van der Waals surface area contributed by atoms with Crippen molar-refractivity contribution in [3.05, 3.63) is 18.2 Å². The number of hydrogen-bond donors (Lipinski definition) is 4. The Bertz CT molecular complexity index is 410. The van der Waals surface area contributed by atoms with Crippen molar-refractivity contribution in [1.29, 1.82) is 0 Å². The smallest absolute Gasteiger partial charge is 0.326 e. The van der Waals surface area contributed by atoms with Crippen LogP contribution in [-0.2, 0) is 16.0 Å². The summed E-state index contributed by atoms with van der Waals surface area (Å²) in [5, 5.41) is 11.5. The molecule has 0 fully saturated rings. The molecular formula is C11H18N4O3S. The molecule has 106 valence electrons. The van der Waals surface area contributed by atoms with Crippen LogP contribution in [0.1, 0.15) is 12.1 Å². The predicted molar refractivity (Wildman–Crippen MR) is 72.8 cm³/mol. The van der Waals surface area contributed by atoms with E-state index >= 15 is 0 Å². The number of amides is 1. The van der Waals surface area contributed by atoms with Crippen molar-refractivity contribution in [1.82, 2.24) is 15.3 Å². The molecule has 0 aliphatic carbocycles. The number of H-pyrrole nitrogens is 1. The van der Waals surface area contributed by atoms with E-state index in [1.54, 1.807) is 11.8 Å². The zero-order valence-corrected chi connectivity index (χ0v) is 11.4. The van der Waals surface area contributed by atoms with E-state index in [-0.39, 0.29) is 6.42 Å². The Morgan fingerprint density at radius 2 is 2.37 bits per heavy atom. The Labute approximate surface area is 115 Å². The van der Waals surface area contributed by atoms with Crippen LogP contribution in [0.2, 0.25) is 0 Å². The fourth-order valence-corrected chi connectivity index (χ4v) is 1.96. The van der Waals surface area contributed by atoms with Crippen LogP contribution >= 0.6 is 11.8 Å². The first-order valence-corrected chi connectivity index (χ1v) is 7.19. The van der Waals surface area contributed by atoms with E-state index < -0.39 is 24.0 Å². The number of carbonyl (C=O) groups excluding carboxylic acids is 1. The largest absolute Gasteiger partial charge is 0.480 e. The van der Waals surface area contributed by atoms with Crippen LogP contribution in [-0.4, -0.2) is 51.0 Å². The number of nitrogens with one attached hydrogen (secondary N) is 2. The normalized spacial score (nSPS) is 13.8. The molecule has 7 nitrogen and oxygen atoms in total. The van der Waals surface area contributed by atoms with Gasteiger partial charge < -0.3 is 21.1 Å². The number of carboxylic acids is 1. The lowest BCUT2D eigenvalue weighted by atomic mass is 10.1.